The zero-order valence-corrected chi connectivity index (χ0v) is 8.16. The van der Waals surface area contributed by atoms with Crippen LogP contribution in [0.1, 0.15) is 29.4 Å². The normalized spacial score (nSPS) is 9.86. The van der Waals surface area contributed by atoms with E-state index in [1.54, 1.807) is 12.1 Å². The molecule has 0 aliphatic rings. The van der Waals surface area contributed by atoms with Gasteiger partial charge in [-0.1, -0.05) is 6.92 Å². The third-order valence-corrected chi connectivity index (χ3v) is 1.78. The molecule has 1 aromatic rings. The second-order valence-electron chi connectivity index (χ2n) is 2.95. The highest BCUT2D eigenvalue weighted by Crippen LogP contribution is 2.01. The molecule has 0 saturated carbocycles. The Hall–Kier alpha value is -1.42. The maximum Gasteiger partial charge on any atom is 0.251 e. The lowest BCUT2D eigenvalue weighted by molar-refractivity contribution is 0.0953. The van der Waals surface area contributed by atoms with Crippen LogP contribution < -0.4 is 5.32 Å². The molecule has 4 heteroatoms. The van der Waals surface area contributed by atoms with Crippen LogP contribution in [0, 0.1) is 0 Å². The summed E-state index contributed by atoms with van der Waals surface area (Å²) in [7, 11) is 0. The predicted molar refractivity (Wildman–Crippen MR) is 52.8 cm³/mol. The van der Waals surface area contributed by atoms with Crippen molar-refractivity contribution < 1.29 is 9.90 Å². The first-order valence-corrected chi connectivity index (χ1v) is 4.62. The molecule has 14 heavy (non-hydrogen) atoms. The number of carbonyl (C=O) groups excluding carboxylic acids is 1. The summed E-state index contributed by atoms with van der Waals surface area (Å²) >= 11 is 0. The number of nitrogens with zero attached hydrogens (tertiary/aromatic N) is 1. The molecule has 0 spiro atoms. The van der Waals surface area contributed by atoms with Crippen LogP contribution in [0.25, 0.3) is 0 Å². The molecule has 0 fully saturated rings. The van der Waals surface area contributed by atoms with E-state index in [9.17, 15) is 4.79 Å². The highest BCUT2D eigenvalue weighted by atomic mass is 16.3. The van der Waals surface area contributed by atoms with Gasteiger partial charge in [0.05, 0.1) is 12.3 Å². The van der Waals surface area contributed by atoms with Gasteiger partial charge >= 0.3 is 0 Å². The average Bonchev–Trinajstić information content (AvgIpc) is 2.26. The van der Waals surface area contributed by atoms with E-state index in [0.717, 1.165) is 6.42 Å². The molecular formula is C10H14N2O2. The fraction of sp³-hybridized carbons (Fsp3) is 0.400. The Bertz CT molecular complexity index is 313. The molecule has 0 atom stereocenters. The summed E-state index contributed by atoms with van der Waals surface area (Å²) in [6.07, 6.45) is 2.43. The Morgan fingerprint density at radius 1 is 1.64 bits per heavy atom. The largest absolute Gasteiger partial charge is 0.390 e. The van der Waals surface area contributed by atoms with Gasteiger partial charge in [0.1, 0.15) is 0 Å². The number of amides is 1. The lowest BCUT2D eigenvalue weighted by atomic mass is 10.2. The number of rotatable bonds is 4. The SMILES string of the molecule is CCCNC(=O)c1ccnc(CO)c1. The molecule has 0 aromatic carbocycles. The van der Waals surface area contributed by atoms with Crippen molar-refractivity contribution in [2.75, 3.05) is 6.54 Å². The highest BCUT2D eigenvalue weighted by molar-refractivity contribution is 5.94. The van der Waals surface area contributed by atoms with Gasteiger partial charge in [0.2, 0.25) is 0 Å². The van der Waals surface area contributed by atoms with Crippen molar-refractivity contribution in [2.24, 2.45) is 0 Å². The summed E-state index contributed by atoms with van der Waals surface area (Å²) in [5.41, 5.74) is 1.05. The van der Waals surface area contributed by atoms with Crippen LogP contribution in [-0.4, -0.2) is 22.5 Å². The molecule has 0 aliphatic heterocycles. The van der Waals surface area contributed by atoms with E-state index in [2.05, 4.69) is 10.3 Å². The van der Waals surface area contributed by atoms with Crippen molar-refractivity contribution in [3.63, 3.8) is 0 Å². The minimum absolute atomic E-state index is 0.121. The van der Waals surface area contributed by atoms with Gasteiger partial charge in [-0.2, -0.15) is 0 Å². The topological polar surface area (TPSA) is 62.2 Å². The van der Waals surface area contributed by atoms with E-state index < -0.39 is 0 Å². The first kappa shape index (κ1) is 10.7. The number of carbonyl (C=O) groups is 1. The van der Waals surface area contributed by atoms with Gasteiger partial charge in [-0.3, -0.25) is 9.78 Å². The van der Waals surface area contributed by atoms with Crippen molar-refractivity contribution in [3.05, 3.63) is 29.6 Å². The molecular weight excluding hydrogens is 180 g/mol. The van der Waals surface area contributed by atoms with E-state index in [4.69, 9.17) is 5.11 Å². The number of nitrogens with one attached hydrogen (secondary N) is 1. The van der Waals surface area contributed by atoms with Crippen LogP contribution >= 0.6 is 0 Å². The first-order chi connectivity index (χ1) is 6.77. The molecule has 1 heterocycles. The highest BCUT2D eigenvalue weighted by Gasteiger charge is 2.04. The van der Waals surface area contributed by atoms with Gasteiger partial charge in [-0.25, -0.2) is 0 Å². The van der Waals surface area contributed by atoms with E-state index >= 15 is 0 Å². The molecule has 0 aliphatic carbocycles. The van der Waals surface area contributed by atoms with Gasteiger partial charge in [0, 0.05) is 18.3 Å². The molecule has 0 saturated heterocycles. The van der Waals surface area contributed by atoms with Gasteiger partial charge < -0.3 is 10.4 Å². The Balaban J connectivity index is 2.69. The van der Waals surface area contributed by atoms with Crippen LogP contribution in [0.15, 0.2) is 18.3 Å². The van der Waals surface area contributed by atoms with Crippen molar-refractivity contribution >= 4 is 5.91 Å². The number of pyridine rings is 1. The smallest absolute Gasteiger partial charge is 0.251 e. The molecule has 2 N–H and O–H groups in total. The second-order valence-corrected chi connectivity index (χ2v) is 2.95. The van der Waals surface area contributed by atoms with Crippen LogP contribution in [0.3, 0.4) is 0 Å². The van der Waals surface area contributed by atoms with Crippen molar-refractivity contribution in [2.45, 2.75) is 20.0 Å². The fourth-order valence-electron chi connectivity index (χ4n) is 1.05. The van der Waals surface area contributed by atoms with Gasteiger partial charge in [-0.15, -0.1) is 0 Å². The van der Waals surface area contributed by atoms with Crippen molar-refractivity contribution in [1.82, 2.24) is 10.3 Å². The Morgan fingerprint density at radius 2 is 2.43 bits per heavy atom. The molecule has 1 aromatic heterocycles. The number of aliphatic hydroxyl groups excluding tert-OH is 1. The number of hydrogen-bond acceptors (Lipinski definition) is 3. The van der Waals surface area contributed by atoms with E-state index in [0.29, 0.717) is 17.8 Å². The zero-order valence-electron chi connectivity index (χ0n) is 8.16. The lowest BCUT2D eigenvalue weighted by Gasteiger charge is -2.03. The third-order valence-electron chi connectivity index (χ3n) is 1.78. The first-order valence-electron chi connectivity index (χ1n) is 4.62. The average molecular weight is 194 g/mol. The minimum Gasteiger partial charge on any atom is -0.390 e. The number of aliphatic hydroxyl groups is 1. The van der Waals surface area contributed by atoms with Crippen molar-refractivity contribution in [3.8, 4) is 0 Å². The molecule has 0 radical (unpaired) electrons. The molecule has 1 rings (SSSR count). The summed E-state index contributed by atoms with van der Waals surface area (Å²) in [5, 5.41) is 11.6. The van der Waals surface area contributed by atoms with E-state index in [-0.39, 0.29) is 12.5 Å². The molecule has 4 nitrogen and oxygen atoms in total. The van der Waals surface area contributed by atoms with Gasteiger partial charge in [-0.05, 0) is 18.6 Å². The molecule has 76 valence electrons. The van der Waals surface area contributed by atoms with Crippen molar-refractivity contribution in [1.29, 1.82) is 0 Å². The molecule has 0 bridgehead atoms. The van der Waals surface area contributed by atoms with Crippen LogP contribution in [0.4, 0.5) is 0 Å². The monoisotopic (exact) mass is 194 g/mol. The number of hydrogen-bond donors (Lipinski definition) is 2. The fourth-order valence-corrected chi connectivity index (χ4v) is 1.05. The standard InChI is InChI=1S/C10H14N2O2/c1-2-4-12-10(14)8-3-5-11-9(6-8)7-13/h3,5-6,13H,2,4,7H2,1H3,(H,12,14). The van der Waals surface area contributed by atoms with Gasteiger partial charge in [0.15, 0.2) is 0 Å². The lowest BCUT2D eigenvalue weighted by Crippen LogP contribution is -2.24. The number of aromatic nitrogens is 1. The van der Waals surface area contributed by atoms with Crippen LogP contribution in [0.5, 0.6) is 0 Å². The summed E-state index contributed by atoms with van der Waals surface area (Å²) < 4.78 is 0. The minimum atomic E-state index is -0.144. The molecule has 0 unspecified atom stereocenters. The zero-order chi connectivity index (χ0) is 10.4. The summed E-state index contributed by atoms with van der Waals surface area (Å²) in [6.45, 7) is 2.51. The Kier molecular flexibility index (Phi) is 4.07. The maximum absolute atomic E-state index is 11.5. The Labute approximate surface area is 83.0 Å². The van der Waals surface area contributed by atoms with E-state index in [1.807, 2.05) is 6.92 Å². The maximum atomic E-state index is 11.5. The van der Waals surface area contributed by atoms with E-state index in [1.165, 1.54) is 6.20 Å². The quantitative estimate of drug-likeness (QED) is 0.742. The third kappa shape index (κ3) is 2.81. The Morgan fingerprint density at radius 3 is 3.07 bits per heavy atom. The molecule has 1 amide bonds. The summed E-state index contributed by atoms with van der Waals surface area (Å²) in [6, 6.07) is 3.22. The van der Waals surface area contributed by atoms with Crippen LogP contribution in [-0.2, 0) is 6.61 Å². The van der Waals surface area contributed by atoms with Crippen LogP contribution in [0.2, 0.25) is 0 Å². The second kappa shape index (κ2) is 5.34. The van der Waals surface area contributed by atoms with Gasteiger partial charge in [0.25, 0.3) is 5.91 Å². The summed E-state index contributed by atoms with van der Waals surface area (Å²) in [5.74, 6) is -0.121. The summed E-state index contributed by atoms with van der Waals surface area (Å²) in [4.78, 5) is 15.3. The predicted octanol–water partition coefficient (Wildman–Crippen LogP) is 0.714.